The molecule has 30 heavy (non-hydrogen) atoms. The molecule has 4 heterocycles. The van der Waals surface area contributed by atoms with Gasteiger partial charge in [0.15, 0.2) is 5.43 Å². The van der Waals surface area contributed by atoms with Gasteiger partial charge in [-0.05, 0) is 36.8 Å². The van der Waals surface area contributed by atoms with Gasteiger partial charge < -0.3 is 9.55 Å². The van der Waals surface area contributed by atoms with Gasteiger partial charge >= 0.3 is 0 Å². The smallest absolute Gasteiger partial charge is 0.193 e. The van der Waals surface area contributed by atoms with Crippen LogP contribution in [0.3, 0.4) is 0 Å². The van der Waals surface area contributed by atoms with Crippen molar-refractivity contribution in [2.24, 2.45) is 0 Å². The minimum atomic E-state index is -0.0994. The zero-order chi connectivity index (χ0) is 20.7. The first-order chi connectivity index (χ1) is 14.6. The fourth-order valence-corrected chi connectivity index (χ4v) is 4.03. The fraction of sp³-hybridized carbons (Fsp3) is 0.0417. The van der Waals surface area contributed by atoms with E-state index in [0.29, 0.717) is 16.2 Å². The number of hydrogen-bond acceptors (Lipinski definition) is 3. The van der Waals surface area contributed by atoms with Crippen LogP contribution in [0.5, 0.6) is 0 Å². The summed E-state index contributed by atoms with van der Waals surface area (Å²) in [5.41, 5.74) is 5.36. The van der Waals surface area contributed by atoms with E-state index in [0.717, 1.165) is 33.8 Å². The Bertz CT molecular complexity index is 1400. The number of nitrogens with one attached hydrogen (secondary N) is 1. The molecule has 1 aromatic carbocycles. The number of halogens is 1. The molecule has 0 aliphatic rings. The van der Waals surface area contributed by atoms with Crippen molar-refractivity contribution >= 4 is 22.6 Å². The normalized spacial score (nSPS) is 11.1. The van der Waals surface area contributed by atoms with Gasteiger partial charge in [-0.3, -0.25) is 4.79 Å². The van der Waals surface area contributed by atoms with Crippen LogP contribution in [0.4, 0.5) is 0 Å². The van der Waals surface area contributed by atoms with Crippen molar-refractivity contribution in [2.45, 2.75) is 6.92 Å². The molecule has 4 aromatic heterocycles. The maximum Gasteiger partial charge on any atom is 0.193 e. The Kier molecular flexibility index (Phi) is 4.45. The third kappa shape index (κ3) is 3.09. The molecule has 0 aliphatic heterocycles. The van der Waals surface area contributed by atoms with E-state index in [-0.39, 0.29) is 5.43 Å². The van der Waals surface area contributed by atoms with Gasteiger partial charge in [-0.15, -0.1) is 0 Å². The molecule has 0 atom stereocenters. The predicted molar refractivity (Wildman–Crippen MR) is 120 cm³/mol. The van der Waals surface area contributed by atoms with Crippen LogP contribution in [-0.4, -0.2) is 19.5 Å². The van der Waals surface area contributed by atoms with Gasteiger partial charge in [-0.2, -0.15) is 0 Å². The molecule has 0 saturated carbocycles. The van der Waals surface area contributed by atoms with Gasteiger partial charge in [-0.25, -0.2) is 9.97 Å². The zero-order valence-electron chi connectivity index (χ0n) is 16.1. The molecule has 0 saturated heterocycles. The van der Waals surface area contributed by atoms with Crippen molar-refractivity contribution in [3.8, 4) is 28.1 Å². The lowest BCUT2D eigenvalue weighted by atomic mass is 9.95. The molecule has 0 unspecified atom stereocenters. The van der Waals surface area contributed by atoms with Crippen LogP contribution >= 0.6 is 11.6 Å². The number of aromatic amines is 1. The Morgan fingerprint density at radius 3 is 2.43 bits per heavy atom. The number of nitrogens with zero attached hydrogens (tertiary/aromatic N) is 3. The summed E-state index contributed by atoms with van der Waals surface area (Å²) in [7, 11) is 0. The van der Waals surface area contributed by atoms with Crippen molar-refractivity contribution in [1.29, 1.82) is 0 Å². The van der Waals surface area contributed by atoms with E-state index in [2.05, 4.69) is 9.97 Å². The van der Waals surface area contributed by atoms with Gasteiger partial charge in [0.25, 0.3) is 0 Å². The van der Waals surface area contributed by atoms with Crippen LogP contribution in [0.25, 0.3) is 39.1 Å². The number of H-pyrrole nitrogens is 1. The first kappa shape index (κ1) is 18.3. The molecular formula is C24H17ClN4O. The third-order valence-corrected chi connectivity index (χ3v) is 5.19. The highest BCUT2D eigenvalue weighted by Gasteiger charge is 2.21. The SMILES string of the molecule is Cc1cc(-c2c(-c3ccccc3)nc3[nH]ccc(=O)c3c2-n2cccc2)cc(Cl)n1. The quantitative estimate of drug-likeness (QED) is 0.403. The summed E-state index contributed by atoms with van der Waals surface area (Å²) >= 11 is 6.32. The summed E-state index contributed by atoms with van der Waals surface area (Å²) in [6.45, 7) is 1.90. The fourth-order valence-electron chi connectivity index (χ4n) is 3.78. The highest BCUT2D eigenvalue weighted by Crippen LogP contribution is 2.39. The van der Waals surface area contributed by atoms with Gasteiger partial charge in [0.1, 0.15) is 10.8 Å². The number of rotatable bonds is 3. The van der Waals surface area contributed by atoms with E-state index in [1.165, 1.54) is 6.07 Å². The second kappa shape index (κ2) is 7.28. The number of aromatic nitrogens is 4. The summed E-state index contributed by atoms with van der Waals surface area (Å²) in [6.07, 6.45) is 5.48. The van der Waals surface area contributed by atoms with Crippen molar-refractivity contribution in [3.63, 3.8) is 0 Å². The molecule has 0 amide bonds. The second-order valence-electron chi connectivity index (χ2n) is 7.03. The van der Waals surface area contributed by atoms with Gasteiger partial charge in [-0.1, -0.05) is 41.9 Å². The largest absolute Gasteiger partial charge is 0.346 e. The van der Waals surface area contributed by atoms with Crippen LogP contribution in [0, 0.1) is 6.92 Å². The first-order valence-electron chi connectivity index (χ1n) is 9.50. The van der Waals surface area contributed by atoms with Crippen molar-refractivity contribution in [1.82, 2.24) is 19.5 Å². The molecule has 5 rings (SSSR count). The molecule has 0 bridgehead atoms. The Hall–Kier alpha value is -3.70. The van der Waals surface area contributed by atoms with E-state index in [4.69, 9.17) is 16.6 Å². The van der Waals surface area contributed by atoms with Crippen molar-refractivity contribution < 1.29 is 0 Å². The van der Waals surface area contributed by atoms with E-state index in [9.17, 15) is 4.79 Å². The minimum Gasteiger partial charge on any atom is -0.346 e. The average Bonchev–Trinajstić information content (AvgIpc) is 3.27. The predicted octanol–water partition coefficient (Wildman–Crippen LogP) is 5.40. The highest BCUT2D eigenvalue weighted by atomic mass is 35.5. The van der Waals surface area contributed by atoms with Crippen LogP contribution in [-0.2, 0) is 0 Å². The molecule has 5 nitrogen and oxygen atoms in total. The molecule has 6 heteroatoms. The van der Waals surface area contributed by atoms with Crippen molar-refractivity contribution in [2.75, 3.05) is 0 Å². The summed E-state index contributed by atoms with van der Waals surface area (Å²) in [6, 6.07) is 19.1. The number of benzene rings is 1. The Morgan fingerprint density at radius 1 is 0.933 bits per heavy atom. The van der Waals surface area contributed by atoms with Crippen LogP contribution < -0.4 is 5.43 Å². The van der Waals surface area contributed by atoms with Crippen LogP contribution in [0.1, 0.15) is 5.69 Å². The number of pyridine rings is 3. The second-order valence-corrected chi connectivity index (χ2v) is 7.41. The van der Waals surface area contributed by atoms with Crippen LogP contribution in [0.2, 0.25) is 5.15 Å². The molecule has 0 fully saturated rings. The van der Waals surface area contributed by atoms with Crippen molar-refractivity contribution in [3.05, 3.63) is 100 Å². The number of hydrogen-bond donors (Lipinski definition) is 1. The molecule has 5 aromatic rings. The monoisotopic (exact) mass is 412 g/mol. The lowest BCUT2D eigenvalue weighted by Crippen LogP contribution is -2.10. The summed E-state index contributed by atoms with van der Waals surface area (Å²) in [4.78, 5) is 25.3. The molecule has 0 spiro atoms. The van der Waals surface area contributed by atoms with E-state index in [1.54, 1.807) is 6.20 Å². The van der Waals surface area contributed by atoms with Gasteiger partial charge in [0, 0.05) is 41.5 Å². The van der Waals surface area contributed by atoms with E-state index < -0.39 is 0 Å². The topological polar surface area (TPSA) is 63.6 Å². The van der Waals surface area contributed by atoms with E-state index >= 15 is 0 Å². The summed E-state index contributed by atoms with van der Waals surface area (Å²) in [5, 5.41) is 0.915. The van der Waals surface area contributed by atoms with Gasteiger partial charge in [0.05, 0.1) is 16.8 Å². The lowest BCUT2D eigenvalue weighted by molar-refractivity contribution is 1.08. The number of fused-ring (bicyclic) bond motifs is 1. The Labute approximate surface area is 177 Å². The number of aryl methyl sites for hydroxylation is 1. The summed E-state index contributed by atoms with van der Waals surface area (Å²) in [5.74, 6) is 0. The zero-order valence-corrected chi connectivity index (χ0v) is 16.9. The Morgan fingerprint density at radius 2 is 1.70 bits per heavy atom. The van der Waals surface area contributed by atoms with Gasteiger partial charge in [0.2, 0.25) is 0 Å². The minimum absolute atomic E-state index is 0.0994. The molecule has 146 valence electrons. The van der Waals surface area contributed by atoms with E-state index in [1.807, 2.05) is 78.5 Å². The maximum atomic E-state index is 12.9. The first-order valence-corrected chi connectivity index (χ1v) is 9.88. The standard InChI is InChI=1S/C24H17ClN4O/c1-15-13-17(14-19(25)27-15)20-22(16-7-3-2-4-8-16)28-24-21(18(30)9-10-26-24)23(20)29-11-5-6-12-29/h2-14H,1H3,(H,26,28,30). The highest BCUT2D eigenvalue weighted by molar-refractivity contribution is 6.29. The molecular weight excluding hydrogens is 396 g/mol. The lowest BCUT2D eigenvalue weighted by Gasteiger charge is -2.18. The Balaban J connectivity index is 2.03. The summed E-state index contributed by atoms with van der Waals surface area (Å²) < 4.78 is 1.95. The average molecular weight is 413 g/mol. The molecule has 0 radical (unpaired) electrons. The third-order valence-electron chi connectivity index (χ3n) is 4.99. The molecule has 0 aliphatic carbocycles. The molecule has 1 N–H and O–H groups in total. The maximum absolute atomic E-state index is 12.9. The van der Waals surface area contributed by atoms with Crippen LogP contribution in [0.15, 0.2) is 84.0 Å².